The van der Waals surface area contributed by atoms with Crippen molar-refractivity contribution in [1.82, 2.24) is 10.2 Å². The maximum Gasteiger partial charge on any atom is 0.416 e. The third-order valence-electron chi connectivity index (χ3n) is 5.79. The molecule has 2 bridgehead atoms. The van der Waals surface area contributed by atoms with Crippen LogP contribution in [0.2, 0.25) is 0 Å². The average Bonchev–Trinajstić information content (AvgIpc) is 3.27. The number of amides is 1. The monoisotopic (exact) mass is 374 g/mol. The van der Waals surface area contributed by atoms with Crippen LogP contribution in [-0.4, -0.2) is 36.0 Å². The molecule has 2 heterocycles. The molecule has 138 valence electrons. The molecule has 1 saturated carbocycles. The van der Waals surface area contributed by atoms with Gasteiger partial charge >= 0.3 is 6.18 Å². The average molecular weight is 375 g/mol. The Morgan fingerprint density at radius 2 is 1.88 bits per heavy atom. The number of carbonyl (C=O) groups is 1. The van der Waals surface area contributed by atoms with Crippen LogP contribution in [0.4, 0.5) is 13.2 Å². The Balaban J connectivity index is 0.00000182. The third kappa shape index (κ3) is 3.14. The van der Waals surface area contributed by atoms with Crippen LogP contribution in [0, 0.1) is 0 Å². The van der Waals surface area contributed by atoms with Crippen molar-refractivity contribution in [2.75, 3.05) is 13.1 Å². The van der Waals surface area contributed by atoms with E-state index in [0.717, 1.165) is 38.4 Å². The van der Waals surface area contributed by atoms with Crippen LogP contribution in [0.5, 0.6) is 0 Å². The van der Waals surface area contributed by atoms with Crippen LogP contribution in [0.25, 0.3) is 0 Å². The lowest BCUT2D eigenvalue weighted by molar-refractivity contribution is -0.139. The van der Waals surface area contributed by atoms with E-state index in [-0.39, 0.29) is 30.4 Å². The topological polar surface area (TPSA) is 32.3 Å². The molecule has 0 aromatic heterocycles. The standard InChI is InChI=1S/C18H21F3N2O.ClH/c19-18(20,21)13-3-1-2-12(10-13)17(7-8-17)16(24)23-14-4-5-15(23)11-22-9-6-14;/h1-3,10,14-15,22H,4-9,11H2;1H. The predicted octanol–water partition coefficient (Wildman–Crippen LogP) is 3.51. The number of nitrogens with one attached hydrogen (secondary N) is 1. The molecule has 3 aliphatic rings. The van der Waals surface area contributed by atoms with Crippen LogP contribution >= 0.6 is 12.4 Å². The number of hydrogen-bond donors (Lipinski definition) is 1. The van der Waals surface area contributed by atoms with Gasteiger partial charge in [-0.05, 0) is 50.3 Å². The van der Waals surface area contributed by atoms with Crippen LogP contribution in [-0.2, 0) is 16.4 Å². The van der Waals surface area contributed by atoms with Crippen molar-refractivity contribution >= 4 is 18.3 Å². The minimum atomic E-state index is -4.37. The lowest BCUT2D eigenvalue weighted by Crippen LogP contribution is -2.47. The van der Waals surface area contributed by atoms with Gasteiger partial charge in [0.25, 0.3) is 0 Å². The largest absolute Gasteiger partial charge is 0.416 e. The molecule has 1 amide bonds. The molecule has 1 aliphatic carbocycles. The smallest absolute Gasteiger partial charge is 0.335 e. The fourth-order valence-electron chi connectivity index (χ4n) is 4.31. The van der Waals surface area contributed by atoms with Crippen molar-refractivity contribution in [3.8, 4) is 0 Å². The molecule has 2 saturated heterocycles. The number of fused-ring (bicyclic) bond motifs is 2. The summed E-state index contributed by atoms with van der Waals surface area (Å²) in [6.07, 6.45) is -0.145. The summed E-state index contributed by atoms with van der Waals surface area (Å²) in [6, 6.07) is 5.77. The van der Waals surface area contributed by atoms with Crippen molar-refractivity contribution < 1.29 is 18.0 Å². The van der Waals surface area contributed by atoms with E-state index in [1.807, 2.05) is 4.90 Å². The summed E-state index contributed by atoms with van der Waals surface area (Å²) in [5, 5.41) is 3.36. The van der Waals surface area contributed by atoms with E-state index in [1.165, 1.54) is 12.1 Å². The number of hydrogen-bond acceptors (Lipinski definition) is 2. The molecule has 1 N–H and O–H groups in total. The van der Waals surface area contributed by atoms with Gasteiger partial charge in [-0.3, -0.25) is 4.79 Å². The Morgan fingerprint density at radius 1 is 1.16 bits per heavy atom. The molecule has 4 rings (SSSR count). The van der Waals surface area contributed by atoms with Crippen molar-refractivity contribution in [2.24, 2.45) is 0 Å². The highest BCUT2D eigenvalue weighted by molar-refractivity contribution is 5.92. The summed E-state index contributed by atoms with van der Waals surface area (Å²) >= 11 is 0. The molecule has 3 fully saturated rings. The lowest BCUT2D eigenvalue weighted by atomic mass is 9.92. The van der Waals surface area contributed by atoms with Gasteiger partial charge < -0.3 is 10.2 Å². The zero-order chi connectivity index (χ0) is 16.9. The van der Waals surface area contributed by atoms with Crippen molar-refractivity contribution in [2.45, 2.75) is 55.8 Å². The summed E-state index contributed by atoms with van der Waals surface area (Å²) < 4.78 is 39.0. The summed E-state index contributed by atoms with van der Waals surface area (Å²) in [5.74, 6) is 0.0398. The SMILES string of the molecule is Cl.O=C(N1C2CCNCC1CC2)C1(c2cccc(C(F)(F)F)c2)CC1. The number of nitrogens with zero attached hydrogens (tertiary/aromatic N) is 1. The summed E-state index contributed by atoms with van der Waals surface area (Å²) in [7, 11) is 0. The molecular formula is C18H22ClF3N2O. The summed E-state index contributed by atoms with van der Waals surface area (Å²) in [4.78, 5) is 15.3. The van der Waals surface area contributed by atoms with Crippen LogP contribution < -0.4 is 5.32 Å². The first kappa shape index (κ1) is 18.5. The van der Waals surface area contributed by atoms with Crippen molar-refractivity contribution in [1.29, 1.82) is 0 Å². The Bertz CT molecular complexity index is 646. The normalized spacial score (nSPS) is 27.4. The van der Waals surface area contributed by atoms with Gasteiger partial charge in [0.15, 0.2) is 0 Å². The minimum absolute atomic E-state index is 0. The first-order chi connectivity index (χ1) is 11.4. The van der Waals surface area contributed by atoms with Gasteiger partial charge in [-0.25, -0.2) is 0 Å². The molecule has 2 unspecified atom stereocenters. The number of carbonyl (C=O) groups excluding carboxylic acids is 1. The summed E-state index contributed by atoms with van der Waals surface area (Å²) in [6.45, 7) is 1.70. The molecule has 3 nitrogen and oxygen atoms in total. The highest BCUT2D eigenvalue weighted by Crippen LogP contribution is 2.52. The molecule has 2 atom stereocenters. The van der Waals surface area contributed by atoms with Crippen LogP contribution in [0.1, 0.15) is 43.2 Å². The maximum absolute atomic E-state index is 13.3. The molecule has 1 aromatic rings. The highest BCUT2D eigenvalue weighted by Gasteiger charge is 2.56. The van der Waals surface area contributed by atoms with Gasteiger partial charge in [0.1, 0.15) is 0 Å². The zero-order valence-electron chi connectivity index (χ0n) is 13.8. The van der Waals surface area contributed by atoms with Crippen LogP contribution in [0.15, 0.2) is 24.3 Å². The number of halogens is 4. The van der Waals surface area contributed by atoms with E-state index in [0.29, 0.717) is 18.4 Å². The fraction of sp³-hybridized carbons (Fsp3) is 0.611. The molecule has 2 aliphatic heterocycles. The van der Waals surface area contributed by atoms with Gasteiger partial charge in [0.05, 0.1) is 11.0 Å². The van der Waals surface area contributed by atoms with Crippen LogP contribution in [0.3, 0.4) is 0 Å². The second kappa shape index (κ2) is 6.47. The van der Waals surface area contributed by atoms with E-state index in [2.05, 4.69) is 5.32 Å². The van der Waals surface area contributed by atoms with E-state index >= 15 is 0 Å². The first-order valence-electron chi connectivity index (χ1n) is 8.63. The van der Waals surface area contributed by atoms with E-state index in [1.54, 1.807) is 6.07 Å². The third-order valence-corrected chi connectivity index (χ3v) is 5.79. The maximum atomic E-state index is 13.3. The van der Waals surface area contributed by atoms with Gasteiger partial charge in [-0.15, -0.1) is 12.4 Å². The van der Waals surface area contributed by atoms with Gasteiger partial charge in [-0.2, -0.15) is 13.2 Å². The molecular weight excluding hydrogens is 353 g/mol. The minimum Gasteiger partial charge on any atom is -0.335 e. The second-order valence-corrected chi connectivity index (χ2v) is 7.25. The van der Waals surface area contributed by atoms with E-state index in [9.17, 15) is 18.0 Å². The number of rotatable bonds is 2. The highest BCUT2D eigenvalue weighted by atomic mass is 35.5. The molecule has 0 radical (unpaired) electrons. The van der Waals surface area contributed by atoms with Crippen molar-refractivity contribution in [3.63, 3.8) is 0 Å². The Morgan fingerprint density at radius 3 is 2.56 bits per heavy atom. The number of alkyl halides is 3. The molecule has 7 heteroatoms. The Labute approximate surface area is 151 Å². The summed E-state index contributed by atoms with van der Waals surface area (Å²) in [5.41, 5.74) is -0.870. The van der Waals surface area contributed by atoms with E-state index < -0.39 is 17.2 Å². The van der Waals surface area contributed by atoms with E-state index in [4.69, 9.17) is 0 Å². The van der Waals surface area contributed by atoms with Gasteiger partial charge in [-0.1, -0.05) is 18.2 Å². The Kier molecular flexibility index (Phi) is 4.79. The lowest BCUT2D eigenvalue weighted by Gasteiger charge is -2.32. The first-order valence-corrected chi connectivity index (χ1v) is 8.63. The molecule has 0 spiro atoms. The zero-order valence-corrected chi connectivity index (χ0v) is 14.6. The van der Waals surface area contributed by atoms with Crippen molar-refractivity contribution in [3.05, 3.63) is 35.4 Å². The fourth-order valence-corrected chi connectivity index (χ4v) is 4.31. The Hall–Kier alpha value is -1.27. The quantitative estimate of drug-likeness (QED) is 0.859. The van der Waals surface area contributed by atoms with Gasteiger partial charge in [0, 0.05) is 18.6 Å². The predicted molar refractivity (Wildman–Crippen MR) is 90.7 cm³/mol. The molecule has 1 aromatic carbocycles. The molecule has 25 heavy (non-hydrogen) atoms. The van der Waals surface area contributed by atoms with Gasteiger partial charge in [0.2, 0.25) is 5.91 Å². The second-order valence-electron chi connectivity index (χ2n) is 7.25. The number of benzene rings is 1.